The summed E-state index contributed by atoms with van der Waals surface area (Å²) < 4.78 is 26.7. The fraction of sp³-hybridized carbons (Fsp3) is 0.353. The Kier molecular flexibility index (Phi) is 5.23. The van der Waals surface area contributed by atoms with E-state index in [9.17, 15) is 18.7 Å². The summed E-state index contributed by atoms with van der Waals surface area (Å²) in [5.74, 6) is -1.96. The molecule has 2 heterocycles. The van der Waals surface area contributed by atoms with Gasteiger partial charge >= 0.3 is 0 Å². The van der Waals surface area contributed by atoms with Gasteiger partial charge in [-0.3, -0.25) is 9.69 Å². The Morgan fingerprint density at radius 3 is 2.58 bits per heavy atom. The summed E-state index contributed by atoms with van der Waals surface area (Å²) in [7, 11) is 0. The second kappa shape index (κ2) is 7.38. The maximum Gasteiger partial charge on any atom is 0.256 e. The maximum atomic E-state index is 13.7. The molecule has 0 aliphatic carbocycles. The molecule has 4 nitrogen and oxygen atoms in total. The van der Waals surface area contributed by atoms with E-state index in [-0.39, 0.29) is 5.56 Å². The van der Waals surface area contributed by atoms with Crippen LogP contribution in [0, 0.1) is 11.6 Å². The summed E-state index contributed by atoms with van der Waals surface area (Å²) in [6.45, 7) is 2.63. The van der Waals surface area contributed by atoms with Crippen molar-refractivity contribution in [2.45, 2.75) is 6.10 Å². The van der Waals surface area contributed by atoms with Crippen LogP contribution in [0.3, 0.4) is 0 Å². The van der Waals surface area contributed by atoms with E-state index in [0.717, 1.165) is 17.0 Å². The van der Waals surface area contributed by atoms with Crippen molar-refractivity contribution >= 4 is 17.2 Å². The monoisotopic (exact) mass is 352 g/mol. The molecular weight excluding hydrogens is 334 g/mol. The van der Waals surface area contributed by atoms with Crippen molar-refractivity contribution in [3.05, 3.63) is 57.8 Å². The number of halogens is 2. The van der Waals surface area contributed by atoms with Gasteiger partial charge in [0.1, 0.15) is 17.7 Å². The summed E-state index contributed by atoms with van der Waals surface area (Å²) in [4.78, 5) is 16.9. The smallest absolute Gasteiger partial charge is 0.256 e. The molecule has 3 rings (SSSR count). The van der Waals surface area contributed by atoms with Crippen LogP contribution < -0.4 is 0 Å². The van der Waals surface area contributed by atoms with E-state index in [1.165, 1.54) is 17.4 Å². The molecule has 0 radical (unpaired) electrons. The summed E-state index contributed by atoms with van der Waals surface area (Å²) in [6, 6.07) is 6.79. The van der Waals surface area contributed by atoms with Gasteiger partial charge in [-0.25, -0.2) is 8.78 Å². The highest BCUT2D eigenvalue weighted by molar-refractivity contribution is 7.10. The van der Waals surface area contributed by atoms with Crippen LogP contribution in [-0.2, 0) is 0 Å². The predicted octanol–water partition coefficient (Wildman–Crippen LogP) is 2.52. The standard InChI is InChI=1S/C17H18F2N2O2S/c18-12-3-4-13(14(19)10-12)17(23)21-7-5-20(6-8-21)11-15(22)16-2-1-9-24-16/h1-4,9-10,15,22H,5-8,11H2. The average Bonchev–Trinajstić information content (AvgIpc) is 3.09. The first-order valence-corrected chi connectivity index (χ1v) is 8.60. The minimum atomic E-state index is -0.837. The van der Waals surface area contributed by atoms with Crippen LogP contribution in [0.15, 0.2) is 35.7 Å². The molecule has 1 fully saturated rings. The van der Waals surface area contributed by atoms with E-state index in [1.807, 2.05) is 17.5 Å². The van der Waals surface area contributed by atoms with E-state index in [0.29, 0.717) is 32.7 Å². The molecule has 1 amide bonds. The number of aliphatic hydroxyl groups is 1. The van der Waals surface area contributed by atoms with Gasteiger partial charge in [0.05, 0.1) is 5.56 Å². The molecule has 1 atom stereocenters. The fourth-order valence-corrected chi connectivity index (χ4v) is 3.49. The number of nitrogens with zero attached hydrogens (tertiary/aromatic N) is 2. The summed E-state index contributed by atoms with van der Waals surface area (Å²) >= 11 is 1.51. The van der Waals surface area contributed by atoms with Gasteiger partial charge < -0.3 is 10.0 Å². The molecule has 0 spiro atoms. The Labute approximate surface area is 142 Å². The van der Waals surface area contributed by atoms with Crippen LogP contribution in [-0.4, -0.2) is 53.5 Å². The van der Waals surface area contributed by atoms with Gasteiger partial charge in [0.2, 0.25) is 0 Å². The lowest BCUT2D eigenvalue weighted by Gasteiger charge is -2.35. The molecule has 1 aromatic carbocycles. The van der Waals surface area contributed by atoms with Gasteiger partial charge in [-0.05, 0) is 23.6 Å². The van der Waals surface area contributed by atoms with Gasteiger partial charge in [-0.1, -0.05) is 6.07 Å². The Hall–Kier alpha value is -1.83. The number of hydrogen-bond donors (Lipinski definition) is 1. The quantitative estimate of drug-likeness (QED) is 0.920. The third-order valence-corrected chi connectivity index (χ3v) is 5.10. The van der Waals surface area contributed by atoms with Crippen LogP contribution in [0.25, 0.3) is 0 Å². The van der Waals surface area contributed by atoms with Gasteiger partial charge in [0, 0.05) is 43.7 Å². The topological polar surface area (TPSA) is 43.8 Å². The van der Waals surface area contributed by atoms with Crippen molar-refractivity contribution < 1.29 is 18.7 Å². The number of β-amino-alcohol motifs (C(OH)–C–C–N with tert-alkyl or cyclic N) is 1. The lowest BCUT2D eigenvalue weighted by molar-refractivity contribution is 0.0529. The van der Waals surface area contributed by atoms with Gasteiger partial charge in [0.15, 0.2) is 0 Å². The normalized spacial score (nSPS) is 17.0. The van der Waals surface area contributed by atoms with Crippen molar-refractivity contribution in [3.8, 4) is 0 Å². The lowest BCUT2D eigenvalue weighted by atomic mass is 10.1. The minimum absolute atomic E-state index is 0.108. The summed E-state index contributed by atoms with van der Waals surface area (Å²) in [5, 5.41) is 12.1. The molecule has 0 bridgehead atoms. The van der Waals surface area contributed by atoms with Gasteiger partial charge in [-0.15, -0.1) is 11.3 Å². The highest BCUT2D eigenvalue weighted by atomic mass is 32.1. The Balaban J connectivity index is 1.55. The molecule has 1 aromatic heterocycles. The Morgan fingerprint density at radius 1 is 1.21 bits per heavy atom. The zero-order chi connectivity index (χ0) is 17.1. The third-order valence-electron chi connectivity index (χ3n) is 4.12. The van der Waals surface area contributed by atoms with Crippen molar-refractivity contribution in [2.24, 2.45) is 0 Å². The predicted molar refractivity (Wildman–Crippen MR) is 88.0 cm³/mol. The number of hydrogen-bond acceptors (Lipinski definition) is 4. The summed E-state index contributed by atoms with van der Waals surface area (Å²) in [6.07, 6.45) is -0.540. The molecular formula is C17H18F2N2O2S. The largest absolute Gasteiger partial charge is 0.386 e. The Morgan fingerprint density at radius 2 is 1.96 bits per heavy atom. The van der Waals surface area contributed by atoms with Gasteiger partial charge in [-0.2, -0.15) is 0 Å². The molecule has 128 valence electrons. The van der Waals surface area contributed by atoms with Crippen molar-refractivity contribution in [1.82, 2.24) is 9.80 Å². The number of benzene rings is 1. The molecule has 24 heavy (non-hydrogen) atoms. The number of amides is 1. The first kappa shape index (κ1) is 17.0. The second-order valence-electron chi connectivity index (χ2n) is 5.75. The van der Waals surface area contributed by atoms with E-state index >= 15 is 0 Å². The molecule has 2 aromatic rings. The van der Waals surface area contributed by atoms with Crippen molar-refractivity contribution in [1.29, 1.82) is 0 Å². The molecule has 1 aliphatic heterocycles. The minimum Gasteiger partial charge on any atom is -0.386 e. The number of aliphatic hydroxyl groups excluding tert-OH is 1. The second-order valence-corrected chi connectivity index (χ2v) is 6.73. The molecule has 1 saturated heterocycles. The van der Waals surface area contributed by atoms with Gasteiger partial charge in [0.25, 0.3) is 5.91 Å². The first-order valence-electron chi connectivity index (χ1n) is 7.73. The third kappa shape index (κ3) is 3.80. The van der Waals surface area contributed by atoms with Crippen LogP contribution in [0.5, 0.6) is 0 Å². The average molecular weight is 352 g/mol. The summed E-state index contributed by atoms with van der Waals surface area (Å²) in [5.41, 5.74) is -0.108. The van der Waals surface area contributed by atoms with Crippen LogP contribution in [0.1, 0.15) is 21.3 Å². The van der Waals surface area contributed by atoms with Crippen molar-refractivity contribution in [3.63, 3.8) is 0 Å². The maximum absolute atomic E-state index is 13.7. The number of piperazine rings is 1. The number of carbonyl (C=O) groups excluding carboxylic acids is 1. The molecule has 1 aliphatic rings. The zero-order valence-electron chi connectivity index (χ0n) is 13.0. The van der Waals surface area contributed by atoms with Crippen LogP contribution in [0.4, 0.5) is 8.78 Å². The van der Waals surface area contributed by atoms with Crippen LogP contribution >= 0.6 is 11.3 Å². The van der Waals surface area contributed by atoms with E-state index in [4.69, 9.17) is 0 Å². The SMILES string of the molecule is O=C(c1ccc(F)cc1F)N1CCN(CC(O)c2cccs2)CC1. The molecule has 7 heteroatoms. The molecule has 0 saturated carbocycles. The molecule has 1 N–H and O–H groups in total. The van der Waals surface area contributed by atoms with Crippen LogP contribution in [0.2, 0.25) is 0 Å². The fourth-order valence-electron chi connectivity index (χ4n) is 2.78. The number of thiophene rings is 1. The zero-order valence-corrected chi connectivity index (χ0v) is 13.8. The van der Waals surface area contributed by atoms with E-state index in [2.05, 4.69) is 4.90 Å². The first-order chi connectivity index (χ1) is 11.5. The highest BCUT2D eigenvalue weighted by Gasteiger charge is 2.25. The van der Waals surface area contributed by atoms with Crippen molar-refractivity contribution in [2.75, 3.05) is 32.7 Å². The molecule has 1 unspecified atom stereocenters. The highest BCUT2D eigenvalue weighted by Crippen LogP contribution is 2.21. The number of rotatable bonds is 4. The Bertz CT molecular complexity index is 701. The lowest BCUT2D eigenvalue weighted by Crippen LogP contribution is -2.49. The number of carbonyl (C=O) groups is 1. The van der Waals surface area contributed by atoms with E-state index < -0.39 is 23.6 Å². The van der Waals surface area contributed by atoms with E-state index in [1.54, 1.807) is 4.90 Å².